The molecule has 9 heteroatoms. The third-order valence-corrected chi connectivity index (χ3v) is 7.52. The fraction of sp³-hybridized carbons (Fsp3) is 0.452. The van der Waals surface area contributed by atoms with Crippen molar-refractivity contribution in [3.05, 3.63) is 76.3 Å². The topological polar surface area (TPSA) is 67.8 Å². The monoisotopic (exact) mass is 576 g/mol. The molecule has 3 rings (SSSR count). The number of hydrogen-bond donors (Lipinski definition) is 1. The Labute approximate surface area is 238 Å². The molecule has 0 bridgehead atoms. The number of urea groups is 1. The van der Waals surface area contributed by atoms with Gasteiger partial charge in [-0.25, -0.2) is 4.79 Å². The number of aryl methyl sites for hydroxylation is 1. The molecule has 0 fully saturated rings. The maximum Gasteiger partial charge on any atom is 0.400 e. The maximum atomic E-state index is 13.2. The summed E-state index contributed by atoms with van der Waals surface area (Å²) < 4.78 is 45.4. The first-order valence-electron chi connectivity index (χ1n) is 13.4. The number of halogens is 4. The molecular weight excluding hydrogens is 541 g/mol. The highest BCUT2D eigenvalue weighted by Gasteiger charge is 2.51. The molecule has 2 amide bonds. The first-order chi connectivity index (χ1) is 18.7. The molecule has 1 unspecified atom stereocenters. The number of ether oxygens (including phenoxy) is 1. The second kappa shape index (κ2) is 13.0. The number of nitrogens with zero attached hydrogens (tertiary/aromatic N) is 1. The van der Waals surface area contributed by atoms with E-state index in [-0.39, 0.29) is 18.9 Å². The van der Waals surface area contributed by atoms with Gasteiger partial charge in [0.1, 0.15) is 16.9 Å². The lowest BCUT2D eigenvalue weighted by Gasteiger charge is -2.26. The Hall–Kier alpha value is -3.13. The summed E-state index contributed by atoms with van der Waals surface area (Å²) in [7, 11) is 0. The Morgan fingerprint density at radius 1 is 1.20 bits per heavy atom. The van der Waals surface area contributed by atoms with Gasteiger partial charge in [-0.2, -0.15) is 18.2 Å². The standard InChI is InChI=1S/C31H36ClF3N2O3/c1-6-8-20(3)40-23-14-12-22(13-15-23)26-17-19(2)28(37-29(39)36-26)24-18-21(11-16-25(24)32)9-7-10-27(38)30(4,5)31(33,34)35/h11-16,18,20,28H,2,6-10,17H2,1,3-5H3,(H,37,39)/t20-,28?/m1/s1. The summed E-state index contributed by atoms with van der Waals surface area (Å²) in [4.78, 5) is 29.2. The van der Waals surface area contributed by atoms with Crippen molar-refractivity contribution in [1.29, 1.82) is 0 Å². The Morgan fingerprint density at radius 3 is 2.50 bits per heavy atom. The summed E-state index contributed by atoms with van der Waals surface area (Å²) in [5, 5.41) is 3.27. The van der Waals surface area contributed by atoms with Crippen LogP contribution in [0.25, 0.3) is 0 Å². The van der Waals surface area contributed by atoms with Gasteiger partial charge in [-0.3, -0.25) is 4.79 Å². The number of amides is 2. The Bertz CT molecular complexity index is 1270. The summed E-state index contributed by atoms with van der Waals surface area (Å²) >= 11 is 6.50. The van der Waals surface area contributed by atoms with E-state index in [9.17, 15) is 22.8 Å². The third-order valence-electron chi connectivity index (χ3n) is 7.17. The minimum absolute atomic E-state index is 0.102. The number of Topliss-reactive ketones (excluding diaryl/α,β-unsaturated/α-hetero) is 1. The summed E-state index contributed by atoms with van der Waals surface area (Å²) in [6.45, 7) is 10.1. The van der Waals surface area contributed by atoms with E-state index in [0.717, 1.165) is 43.6 Å². The molecule has 0 saturated carbocycles. The zero-order valence-corrected chi connectivity index (χ0v) is 24.1. The minimum atomic E-state index is -4.60. The second-order valence-electron chi connectivity index (χ2n) is 10.8. The van der Waals surface area contributed by atoms with E-state index >= 15 is 0 Å². The number of nitrogens with one attached hydrogen (secondary N) is 1. The smallest absolute Gasteiger partial charge is 0.400 e. The van der Waals surface area contributed by atoms with Crippen molar-refractivity contribution in [2.24, 2.45) is 10.4 Å². The molecule has 1 aliphatic heterocycles. The first-order valence-corrected chi connectivity index (χ1v) is 13.8. The number of ketones is 1. The lowest BCUT2D eigenvalue weighted by atomic mass is 9.84. The van der Waals surface area contributed by atoms with Crippen molar-refractivity contribution in [3.63, 3.8) is 0 Å². The van der Waals surface area contributed by atoms with Gasteiger partial charge in [0, 0.05) is 17.9 Å². The summed E-state index contributed by atoms with van der Waals surface area (Å²) in [6, 6.07) is 11.5. The molecule has 0 saturated heterocycles. The summed E-state index contributed by atoms with van der Waals surface area (Å²) in [6.07, 6.45) is -1.75. The number of aliphatic imine (C=N–C) groups is 1. The van der Waals surface area contributed by atoms with Gasteiger partial charge in [0.2, 0.25) is 0 Å². The van der Waals surface area contributed by atoms with Crippen molar-refractivity contribution >= 4 is 29.1 Å². The van der Waals surface area contributed by atoms with Crippen LogP contribution >= 0.6 is 11.6 Å². The molecule has 2 atom stereocenters. The van der Waals surface area contributed by atoms with Crippen molar-refractivity contribution in [3.8, 4) is 5.75 Å². The maximum absolute atomic E-state index is 13.2. The molecule has 0 aromatic heterocycles. The molecular formula is C31H36ClF3N2O3. The highest BCUT2D eigenvalue weighted by molar-refractivity contribution is 6.31. The van der Waals surface area contributed by atoms with Gasteiger partial charge < -0.3 is 10.1 Å². The van der Waals surface area contributed by atoms with Gasteiger partial charge in [-0.05, 0) is 92.6 Å². The summed E-state index contributed by atoms with van der Waals surface area (Å²) in [5.41, 5.74) is 1.04. The van der Waals surface area contributed by atoms with Gasteiger partial charge in [0.05, 0.1) is 17.9 Å². The second-order valence-corrected chi connectivity index (χ2v) is 11.2. The molecule has 2 aromatic rings. The number of benzene rings is 2. The largest absolute Gasteiger partial charge is 0.491 e. The fourth-order valence-corrected chi connectivity index (χ4v) is 4.75. The van der Waals surface area contributed by atoms with Gasteiger partial charge in [-0.15, -0.1) is 0 Å². The fourth-order valence-electron chi connectivity index (χ4n) is 4.52. The van der Waals surface area contributed by atoms with E-state index in [1.165, 1.54) is 0 Å². The number of alkyl halides is 3. The van der Waals surface area contributed by atoms with E-state index < -0.39 is 29.4 Å². The lowest BCUT2D eigenvalue weighted by molar-refractivity contribution is -0.210. The number of rotatable bonds is 11. The van der Waals surface area contributed by atoms with Crippen LogP contribution in [-0.2, 0) is 11.2 Å². The van der Waals surface area contributed by atoms with E-state index in [4.69, 9.17) is 16.3 Å². The predicted molar refractivity (Wildman–Crippen MR) is 152 cm³/mol. The Morgan fingerprint density at radius 2 is 1.88 bits per heavy atom. The van der Waals surface area contributed by atoms with Gasteiger partial charge in [0.25, 0.3) is 0 Å². The van der Waals surface area contributed by atoms with Gasteiger partial charge in [0.15, 0.2) is 0 Å². The van der Waals surface area contributed by atoms with Gasteiger partial charge in [-0.1, -0.05) is 43.7 Å². The van der Waals surface area contributed by atoms with E-state index in [2.05, 4.69) is 23.8 Å². The molecule has 1 heterocycles. The van der Waals surface area contributed by atoms with Crippen LogP contribution in [0.3, 0.4) is 0 Å². The predicted octanol–water partition coefficient (Wildman–Crippen LogP) is 8.59. The van der Waals surface area contributed by atoms with Crippen LogP contribution < -0.4 is 10.1 Å². The quantitative estimate of drug-likeness (QED) is 0.272. The highest BCUT2D eigenvalue weighted by Crippen LogP contribution is 2.39. The van der Waals surface area contributed by atoms with E-state index in [1.807, 2.05) is 31.2 Å². The molecule has 0 aliphatic carbocycles. The first kappa shape index (κ1) is 31.4. The Balaban J connectivity index is 1.70. The van der Waals surface area contributed by atoms with Crippen LogP contribution in [0.5, 0.6) is 5.75 Å². The van der Waals surface area contributed by atoms with Crippen LogP contribution in [0.1, 0.15) is 82.5 Å². The SMILES string of the molecule is C=C1CC(c2ccc(O[C@H](C)CCC)cc2)=NC(=O)NC1c1cc(CCCC(=O)C(C)(C)C(F)(F)F)ccc1Cl. The number of hydrogen-bond acceptors (Lipinski definition) is 3. The Kier molecular flexibility index (Phi) is 10.2. The minimum Gasteiger partial charge on any atom is -0.491 e. The average molecular weight is 577 g/mol. The molecule has 5 nitrogen and oxygen atoms in total. The van der Waals surface area contributed by atoms with Crippen molar-refractivity contribution < 1.29 is 27.5 Å². The van der Waals surface area contributed by atoms with Crippen molar-refractivity contribution in [1.82, 2.24) is 5.32 Å². The lowest BCUT2D eigenvalue weighted by Crippen LogP contribution is -2.39. The molecule has 0 spiro atoms. The third kappa shape index (κ3) is 7.74. The van der Waals surface area contributed by atoms with Crippen LogP contribution in [-0.4, -0.2) is 29.8 Å². The van der Waals surface area contributed by atoms with Gasteiger partial charge >= 0.3 is 12.2 Å². The zero-order valence-electron chi connectivity index (χ0n) is 23.3. The van der Waals surface area contributed by atoms with Crippen LogP contribution in [0.2, 0.25) is 5.02 Å². The van der Waals surface area contributed by atoms with Crippen molar-refractivity contribution in [2.45, 2.75) is 84.5 Å². The molecule has 216 valence electrons. The molecule has 1 aliphatic rings. The molecule has 0 radical (unpaired) electrons. The molecule has 40 heavy (non-hydrogen) atoms. The van der Waals surface area contributed by atoms with Crippen molar-refractivity contribution in [2.75, 3.05) is 0 Å². The van der Waals surface area contributed by atoms with Crippen LogP contribution in [0.4, 0.5) is 18.0 Å². The van der Waals surface area contributed by atoms with Crippen LogP contribution in [0.15, 0.2) is 59.6 Å². The molecule has 2 aromatic carbocycles. The van der Waals surface area contributed by atoms with E-state index in [1.54, 1.807) is 18.2 Å². The average Bonchev–Trinajstić information content (AvgIpc) is 3.02. The normalized spacial score (nSPS) is 17.1. The van der Waals surface area contributed by atoms with E-state index in [0.29, 0.717) is 34.7 Å². The zero-order chi connectivity index (χ0) is 29.7. The summed E-state index contributed by atoms with van der Waals surface area (Å²) in [5.74, 6) is -0.106. The van der Waals surface area contributed by atoms with Crippen LogP contribution in [0, 0.1) is 5.41 Å². The number of carbonyl (C=O) groups excluding carboxylic acids is 2. The highest BCUT2D eigenvalue weighted by atomic mass is 35.5. The number of carbonyl (C=O) groups is 2. The molecule has 1 N–H and O–H groups in total.